The van der Waals surface area contributed by atoms with E-state index in [1.54, 1.807) is 20.4 Å². The van der Waals surface area contributed by atoms with Gasteiger partial charge in [-0.25, -0.2) is 9.97 Å². The van der Waals surface area contributed by atoms with E-state index in [9.17, 15) is 4.79 Å². The molecule has 2 aromatic heterocycles. The largest absolute Gasteiger partial charge is 0.493 e. The molecule has 6 rings (SSSR count). The number of nitrogens with zero attached hydrogens (tertiary/aromatic N) is 4. The van der Waals surface area contributed by atoms with Crippen LogP contribution in [-0.2, 0) is 4.79 Å². The number of nitrogens with one attached hydrogen (secondary N) is 1. The third-order valence-corrected chi connectivity index (χ3v) is 7.43. The van der Waals surface area contributed by atoms with Crippen LogP contribution in [0.4, 0.5) is 0 Å². The van der Waals surface area contributed by atoms with E-state index < -0.39 is 0 Å². The second-order valence-corrected chi connectivity index (χ2v) is 10.0. The molecule has 0 atom stereocenters. The SMILES string of the molecule is COc1cc2c(C3=C(c4ccc5[nH]c(C)cc5c4)[CH]3)ncnc2cc1OCCCN1CCN(C(C)=O)CC1. The van der Waals surface area contributed by atoms with Crippen LogP contribution < -0.4 is 9.47 Å². The Hall–Kier alpha value is -3.91. The van der Waals surface area contributed by atoms with Crippen LogP contribution in [0.1, 0.15) is 30.3 Å². The molecule has 1 saturated heterocycles. The fraction of sp³-hybridized carbons (Fsp3) is 0.333. The van der Waals surface area contributed by atoms with E-state index in [4.69, 9.17) is 9.47 Å². The van der Waals surface area contributed by atoms with Gasteiger partial charge in [0.1, 0.15) is 6.33 Å². The topological polar surface area (TPSA) is 83.6 Å². The number of ether oxygens (including phenoxy) is 2. The van der Waals surface area contributed by atoms with Crippen LogP contribution in [0.15, 0.2) is 42.7 Å². The standard InChI is InChI=1S/C30H32N5O3/c1-19-13-22-14-21(5-6-26(22)33-19)23-15-24(23)30-25-16-28(37-3)29(17-27(25)31-18-32-30)38-12-4-7-34-8-10-35(11-9-34)20(2)36/h5-6,13-18,33H,4,7-12H2,1-3H3. The van der Waals surface area contributed by atoms with Crippen LogP contribution in [0.2, 0.25) is 0 Å². The molecule has 0 spiro atoms. The molecule has 0 bridgehead atoms. The summed E-state index contributed by atoms with van der Waals surface area (Å²) in [7, 11) is 1.66. The first-order valence-electron chi connectivity index (χ1n) is 13.1. The molecule has 0 saturated carbocycles. The lowest BCUT2D eigenvalue weighted by Gasteiger charge is -2.34. The zero-order valence-electron chi connectivity index (χ0n) is 22.1. The molecule has 8 heteroatoms. The van der Waals surface area contributed by atoms with Gasteiger partial charge in [-0.1, -0.05) is 6.07 Å². The van der Waals surface area contributed by atoms with Crippen LogP contribution in [0.25, 0.3) is 33.0 Å². The highest BCUT2D eigenvalue weighted by Crippen LogP contribution is 2.48. The van der Waals surface area contributed by atoms with E-state index in [2.05, 4.69) is 57.5 Å². The maximum Gasteiger partial charge on any atom is 0.219 e. The quantitative estimate of drug-likeness (QED) is 0.352. The van der Waals surface area contributed by atoms with Crippen LogP contribution >= 0.6 is 0 Å². The van der Waals surface area contributed by atoms with Crippen molar-refractivity contribution in [2.75, 3.05) is 46.4 Å². The number of hydrogen-bond acceptors (Lipinski definition) is 6. The van der Waals surface area contributed by atoms with Crippen molar-refractivity contribution in [1.82, 2.24) is 24.8 Å². The minimum atomic E-state index is 0.156. The summed E-state index contributed by atoms with van der Waals surface area (Å²) < 4.78 is 11.8. The van der Waals surface area contributed by atoms with Gasteiger partial charge in [-0.15, -0.1) is 0 Å². The third-order valence-electron chi connectivity index (χ3n) is 7.43. The van der Waals surface area contributed by atoms with Gasteiger partial charge in [-0.05, 0) is 54.3 Å². The summed E-state index contributed by atoms with van der Waals surface area (Å²) >= 11 is 0. The number of H-pyrrole nitrogens is 1. The van der Waals surface area contributed by atoms with E-state index in [1.165, 1.54) is 16.5 Å². The summed E-state index contributed by atoms with van der Waals surface area (Å²) in [5.74, 6) is 1.52. The molecule has 3 heterocycles. The van der Waals surface area contributed by atoms with E-state index >= 15 is 0 Å². The van der Waals surface area contributed by atoms with E-state index in [0.29, 0.717) is 18.1 Å². The zero-order valence-corrected chi connectivity index (χ0v) is 22.1. The number of amides is 1. The highest BCUT2D eigenvalue weighted by atomic mass is 16.5. The van der Waals surface area contributed by atoms with Crippen LogP contribution in [0.3, 0.4) is 0 Å². The fourth-order valence-corrected chi connectivity index (χ4v) is 5.30. The molecular weight excluding hydrogens is 478 g/mol. The number of hydrogen-bond donors (Lipinski definition) is 1. The Morgan fingerprint density at radius 2 is 1.87 bits per heavy atom. The summed E-state index contributed by atoms with van der Waals surface area (Å²) in [5, 5.41) is 2.15. The molecule has 1 aliphatic heterocycles. The van der Waals surface area contributed by atoms with Gasteiger partial charge in [0.15, 0.2) is 11.5 Å². The van der Waals surface area contributed by atoms with Crippen LogP contribution in [-0.4, -0.2) is 77.1 Å². The van der Waals surface area contributed by atoms with Crippen molar-refractivity contribution in [3.05, 3.63) is 66.1 Å². The second-order valence-electron chi connectivity index (χ2n) is 10.0. The first kappa shape index (κ1) is 24.4. The molecule has 1 fully saturated rings. The number of aromatic amines is 1. The summed E-state index contributed by atoms with van der Waals surface area (Å²) in [5.41, 5.74) is 7.56. The Balaban J connectivity index is 1.16. The van der Waals surface area contributed by atoms with Crippen molar-refractivity contribution in [3.63, 3.8) is 0 Å². The number of carbonyl (C=O) groups excluding carboxylic acids is 1. The van der Waals surface area contributed by atoms with Gasteiger partial charge in [0.05, 0.1) is 24.9 Å². The van der Waals surface area contributed by atoms with Crippen molar-refractivity contribution in [2.45, 2.75) is 20.3 Å². The highest BCUT2D eigenvalue weighted by Gasteiger charge is 2.28. The lowest BCUT2D eigenvalue weighted by atomic mass is 10.1. The number of carbonyl (C=O) groups is 1. The zero-order chi connectivity index (χ0) is 26.2. The fourth-order valence-electron chi connectivity index (χ4n) is 5.30. The van der Waals surface area contributed by atoms with Crippen LogP contribution in [0, 0.1) is 13.3 Å². The number of allylic oxidation sites excluding steroid dienone is 2. The molecule has 1 amide bonds. The van der Waals surface area contributed by atoms with Crippen molar-refractivity contribution < 1.29 is 14.3 Å². The number of aromatic nitrogens is 3. The Labute approximate surface area is 222 Å². The molecule has 1 radical (unpaired) electrons. The average molecular weight is 511 g/mol. The van der Waals surface area contributed by atoms with Crippen molar-refractivity contribution >= 4 is 38.9 Å². The van der Waals surface area contributed by atoms with Crippen molar-refractivity contribution in [2.24, 2.45) is 0 Å². The maximum atomic E-state index is 11.5. The molecule has 1 aliphatic carbocycles. The van der Waals surface area contributed by atoms with Crippen molar-refractivity contribution in [3.8, 4) is 11.5 Å². The number of fused-ring (bicyclic) bond motifs is 2. The highest BCUT2D eigenvalue weighted by molar-refractivity contribution is 6.20. The number of methoxy groups -OCH3 is 1. The van der Waals surface area contributed by atoms with Crippen LogP contribution in [0.5, 0.6) is 11.5 Å². The summed E-state index contributed by atoms with van der Waals surface area (Å²) in [6.45, 7) is 8.64. The van der Waals surface area contributed by atoms with E-state index in [1.807, 2.05) is 17.0 Å². The van der Waals surface area contributed by atoms with Gasteiger partial charge in [-0.3, -0.25) is 9.69 Å². The smallest absolute Gasteiger partial charge is 0.219 e. The Morgan fingerprint density at radius 1 is 1.03 bits per heavy atom. The normalized spacial score (nSPS) is 15.9. The van der Waals surface area contributed by atoms with E-state index in [-0.39, 0.29) is 5.91 Å². The molecule has 8 nitrogen and oxygen atoms in total. The average Bonchev–Trinajstić information content (AvgIpc) is 3.63. The molecule has 2 aromatic carbocycles. The monoisotopic (exact) mass is 510 g/mol. The number of benzene rings is 2. The van der Waals surface area contributed by atoms with Gasteiger partial charge >= 0.3 is 0 Å². The first-order valence-corrected chi connectivity index (χ1v) is 13.1. The van der Waals surface area contributed by atoms with E-state index in [0.717, 1.165) is 72.5 Å². The Kier molecular flexibility index (Phi) is 6.49. The number of piperazine rings is 1. The molecule has 0 unspecified atom stereocenters. The summed E-state index contributed by atoms with van der Waals surface area (Å²) in [4.78, 5) is 28.3. The van der Waals surface area contributed by atoms with Gasteiger partial charge in [0.25, 0.3) is 0 Å². The second kappa shape index (κ2) is 10.1. The first-order chi connectivity index (χ1) is 18.5. The third kappa shape index (κ3) is 4.84. The summed E-state index contributed by atoms with van der Waals surface area (Å²) in [6, 6.07) is 12.6. The molecule has 1 N–H and O–H groups in total. The van der Waals surface area contributed by atoms with Gasteiger partial charge in [0.2, 0.25) is 5.91 Å². The predicted octanol–water partition coefficient (Wildman–Crippen LogP) is 4.49. The molecule has 2 aliphatic rings. The van der Waals surface area contributed by atoms with Gasteiger partial charge < -0.3 is 19.4 Å². The lowest BCUT2D eigenvalue weighted by Crippen LogP contribution is -2.48. The lowest BCUT2D eigenvalue weighted by molar-refractivity contribution is -0.130. The van der Waals surface area contributed by atoms with Gasteiger partial charge in [0, 0.05) is 74.1 Å². The Morgan fingerprint density at radius 3 is 2.66 bits per heavy atom. The number of rotatable bonds is 8. The Bertz CT molecular complexity index is 1550. The molecule has 4 aromatic rings. The molecule has 195 valence electrons. The number of aryl methyl sites for hydroxylation is 1. The molecule has 38 heavy (non-hydrogen) atoms. The minimum absolute atomic E-state index is 0.156. The summed E-state index contributed by atoms with van der Waals surface area (Å²) in [6.07, 6.45) is 4.69. The minimum Gasteiger partial charge on any atom is -0.493 e. The van der Waals surface area contributed by atoms with Gasteiger partial charge in [-0.2, -0.15) is 0 Å². The molecular formula is C30H32N5O3. The van der Waals surface area contributed by atoms with Crippen molar-refractivity contribution in [1.29, 1.82) is 0 Å². The predicted molar refractivity (Wildman–Crippen MR) is 149 cm³/mol. The maximum absolute atomic E-state index is 11.5.